The van der Waals surface area contributed by atoms with Gasteiger partial charge in [0, 0.05) is 0 Å². The van der Waals surface area contributed by atoms with E-state index in [4.69, 9.17) is 9.47 Å². The molecule has 3 aromatic rings. The number of imidazole rings is 1. The zero-order chi connectivity index (χ0) is 25.7. The number of aliphatic hydroxyl groups is 3. The molecule has 4 N–H and O–H groups in total. The van der Waals surface area contributed by atoms with Crippen LogP contribution >= 0.6 is 0 Å². The summed E-state index contributed by atoms with van der Waals surface area (Å²) in [5.74, 6) is 0.751. The highest BCUT2D eigenvalue weighted by atomic mass is 16.6. The normalized spacial score (nSPS) is 27.6. The third kappa shape index (κ3) is 5.88. The number of rotatable bonds is 7. The van der Waals surface area contributed by atoms with E-state index >= 15 is 0 Å². The Hall–Kier alpha value is -2.96. The number of fused-ring (bicyclic) bond motifs is 1. The van der Waals surface area contributed by atoms with Crippen molar-refractivity contribution in [2.75, 3.05) is 11.9 Å². The van der Waals surface area contributed by atoms with Gasteiger partial charge in [-0.3, -0.25) is 4.57 Å². The summed E-state index contributed by atoms with van der Waals surface area (Å²) < 4.78 is 13.4. The molecule has 1 saturated carbocycles. The van der Waals surface area contributed by atoms with E-state index in [9.17, 15) is 20.1 Å². The Morgan fingerprint density at radius 3 is 2.58 bits per heavy atom. The summed E-state index contributed by atoms with van der Waals surface area (Å²) in [6.07, 6.45) is 1.81. The lowest BCUT2D eigenvalue weighted by molar-refractivity contribution is -0.115. The Morgan fingerprint density at radius 1 is 1.14 bits per heavy atom. The zero-order valence-electron chi connectivity index (χ0n) is 20.4. The number of aliphatic hydroxyl groups excluding tert-OH is 3. The fourth-order valence-corrected chi connectivity index (χ4v) is 4.50. The van der Waals surface area contributed by atoms with Gasteiger partial charge in [0.2, 0.25) is 0 Å². The minimum absolute atomic E-state index is 0.0581. The number of nitrogens with zero attached hydrogens (tertiary/aromatic N) is 4. The number of anilines is 1. The Morgan fingerprint density at radius 2 is 1.89 bits per heavy atom. The van der Waals surface area contributed by atoms with Gasteiger partial charge in [0.15, 0.2) is 23.2 Å². The number of carbonyl (C=O) groups excluding carboxylic acids is 1. The van der Waals surface area contributed by atoms with Crippen LogP contribution in [0.2, 0.25) is 0 Å². The molecule has 0 radical (unpaired) electrons. The van der Waals surface area contributed by atoms with Crippen LogP contribution in [0, 0.1) is 0 Å². The average molecular weight is 500 g/mol. The molecule has 11 nitrogen and oxygen atoms in total. The number of benzene rings is 1. The van der Waals surface area contributed by atoms with E-state index in [0.717, 1.165) is 24.8 Å². The van der Waals surface area contributed by atoms with E-state index in [1.165, 1.54) is 26.5 Å². The summed E-state index contributed by atoms with van der Waals surface area (Å²) in [7, 11) is 0. The molecular weight excluding hydrogens is 466 g/mol. The second-order valence-corrected chi connectivity index (χ2v) is 9.20. The van der Waals surface area contributed by atoms with Crippen molar-refractivity contribution in [1.82, 2.24) is 19.5 Å². The van der Waals surface area contributed by atoms with Crippen LogP contribution in [0.3, 0.4) is 0 Å². The van der Waals surface area contributed by atoms with E-state index in [-0.39, 0.29) is 17.9 Å². The maximum atomic E-state index is 10.4. The van der Waals surface area contributed by atoms with E-state index in [0.29, 0.717) is 23.6 Å². The molecule has 1 aromatic carbocycles. The maximum absolute atomic E-state index is 10.4. The van der Waals surface area contributed by atoms with Crippen LogP contribution in [0.1, 0.15) is 44.9 Å². The van der Waals surface area contributed by atoms with Crippen molar-refractivity contribution < 1.29 is 29.6 Å². The number of hydrogen-bond acceptors (Lipinski definition) is 10. The van der Waals surface area contributed by atoms with Crippen LogP contribution < -0.4 is 5.32 Å². The van der Waals surface area contributed by atoms with E-state index in [1.807, 2.05) is 18.2 Å². The second kappa shape index (κ2) is 11.8. The summed E-state index contributed by atoms with van der Waals surface area (Å²) >= 11 is 0. The molecule has 1 aliphatic heterocycles. The third-order valence-electron chi connectivity index (χ3n) is 6.23. The molecule has 6 atom stereocenters. The molecule has 3 heterocycles. The fourth-order valence-electron chi connectivity index (χ4n) is 4.50. The molecule has 1 aliphatic carbocycles. The predicted molar refractivity (Wildman–Crippen MR) is 131 cm³/mol. The number of ether oxygens (including phenoxy) is 2. The van der Waals surface area contributed by atoms with Crippen LogP contribution in [-0.2, 0) is 20.9 Å². The first kappa shape index (κ1) is 26.1. The first-order valence-corrected chi connectivity index (χ1v) is 12.1. The Balaban J connectivity index is 0.000000709. The summed E-state index contributed by atoms with van der Waals surface area (Å²) in [6.45, 7) is 3.22. The van der Waals surface area contributed by atoms with Gasteiger partial charge in [-0.25, -0.2) is 15.0 Å². The minimum Gasteiger partial charge on any atom is -0.394 e. The lowest BCUT2D eigenvalue weighted by Gasteiger charge is -2.22. The summed E-state index contributed by atoms with van der Waals surface area (Å²) in [5, 5.41) is 33.3. The van der Waals surface area contributed by atoms with Crippen LogP contribution in [0.25, 0.3) is 11.2 Å². The van der Waals surface area contributed by atoms with Gasteiger partial charge in [-0.2, -0.15) is 0 Å². The topological polar surface area (TPSA) is 152 Å². The quantitative estimate of drug-likeness (QED) is 0.377. The minimum atomic E-state index is -1.21. The largest absolute Gasteiger partial charge is 0.394 e. The van der Waals surface area contributed by atoms with Gasteiger partial charge in [0.25, 0.3) is 0 Å². The van der Waals surface area contributed by atoms with Crippen molar-refractivity contribution in [3.63, 3.8) is 0 Å². The standard InChI is InChI=1S/C22H27N5O5.C3H6O/c28-9-16-18(29)19(30)22(32-16)27-12-25-17-20(23-11-24-21(17)27)26-14-7-4-8-15(14)31-10-13-5-2-1-3-6-13;1-3(2)4/h1-3,5-6,11-12,14-16,18-19,22,28-30H,4,7-10H2,(H,23,24,26);1-2H3/t14?,15?,16-,18+,19+,22?;/m1./s1. The molecule has 36 heavy (non-hydrogen) atoms. The van der Waals surface area contributed by atoms with Crippen molar-refractivity contribution >= 4 is 22.8 Å². The third-order valence-corrected chi connectivity index (χ3v) is 6.23. The van der Waals surface area contributed by atoms with Gasteiger partial charge in [-0.05, 0) is 38.7 Å². The lowest BCUT2D eigenvalue weighted by atomic mass is 10.1. The smallest absolute Gasteiger partial charge is 0.167 e. The maximum Gasteiger partial charge on any atom is 0.167 e. The van der Waals surface area contributed by atoms with Crippen LogP contribution in [0.4, 0.5) is 5.82 Å². The number of carbonyl (C=O) groups is 1. The molecule has 3 unspecified atom stereocenters. The summed E-state index contributed by atoms with van der Waals surface area (Å²) in [6, 6.07) is 10.2. The number of Topliss-reactive ketones (excluding diaryl/α,β-unsaturated/α-hetero) is 1. The molecule has 0 amide bonds. The van der Waals surface area contributed by atoms with E-state index in [2.05, 4.69) is 32.4 Å². The van der Waals surface area contributed by atoms with Crippen molar-refractivity contribution in [3.8, 4) is 0 Å². The van der Waals surface area contributed by atoms with Crippen molar-refractivity contribution in [3.05, 3.63) is 48.5 Å². The highest BCUT2D eigenvalue weighted by Crippen LogP contribution is 2.33. The van der Waals surface area contributed by atoms with Gasteiger partial charge in [0.1, 0.15) is 30.4 Å². The molecule has 11 heteroatoms. The molecule has 2 fully saturated rings. The van der Waals surface area contributed by atoms with Gasteiger partial charge in [-0.15, -0.1) is 0 Å². The Kier molecular flexibility index (Phi) is 8.60. The van der Waals surface area contributed by atoms with Gasteiger partial charge >= 0.3 is 0 Å². The Labute approximate surface area is 209 Å². The molecule has 0 spiro atoms. The van der Waals surface area contributed by atoms with Gasteiger partial charge < -0.3 is 34.9 Å². The van der Waals surface area contributed by atoms with Crippen molar-refractivity contribution in [2.24, 2.45) is 0 Å². The van der Waals surface area contributed by atoms with E-state index in [1.54, 1.807) is 4.57 Å². The van der Waals surface area contributed by atoms with Gasteiger partial charge in [-0.1, -0.05) is 30.3 Å². The van der Waals surface area contributed by atoms with Crippen molar-refractivity contribution in [1.29, 1.82) is 0 Å². The monoisotopic (exact) mass is 499 g/mol. The number of nitrogens with one attached hydrogen (secondary N) is 1. The molecule has 0 bridgehead atoms. The average Bonchev–Trinajstić information content (AvgIpc) is 3.57. The SMILES string of the molecule is CC(C)=O.OC[C@H]1OC(n2cnc3c(NC4CCCC4OCc4ccccc4)ncnc32)[C@@H](O)[C@H]1O. The van der Waals surface area contributed by atoms with Crippen LogP contribution in [0.5, 0.6) is 0 Å². The van der Waals surface area contributed by atoms with Crippen molar-refractivity contribution in [2.45, 2.75) is 76.4 Å². The molecule has 2 aliphatic rings. The lowest BCUT2D eigenvalue weighted by Crippen LogP contribution is -2.33. The molecular formula is C25H33N5O6. The summed E-state index contributed by atoms with van der Waals surface area (Å²) in [5.41, 5.74) is 2.15. The first-order chi connectivity index (χ1) is 17.4. The zero-order valence-corrected chi connectivity index (χ0v) is 20.4. The fraction of sp³-hybridized carbons (Fsp3) is 0.520. The van der Waals surface area contributed by atoms with Crippen LogP contribution in [0.15, 0.2) is 43.0 Å². The molecule has 2 aromatic heterocycles. The molecule has 5 rings (SSSR count). The number of hydrogen-bond donors (Lipinski definition) is 4. The summed E-state index contributed by atoms with van der Waals surface area (Å²) in [4.78, 5) is 22.6. The molecule has 194 valence electrons. The van der Waals surface area contributed by atoms with E-state index < -0.39 is 31.1 Å². The number of ketones is 1. The molecule has 1 saturated heterocycles. The van der Waals surface area contributed by atoms with Gasteiger partial charge in [0.05, 0.1) is 31.7 Å². The number of aromatic nitrogens is 4. The first-order valence-electron chi connectivity index (χ1n) is 12.1. The highest BCUT2D eigenvalue weighted by molar-refractivity contribution is 5.82. The predicted octanol–water partition coefficient (Wildman–Crippen LogP) is 1.58. The highest BCUT2D eigenvalue weighted by Gasteiger charge is 2.44. The van der Waals surface area contributed by atoms with Crippen LogP contribution in [-0.4, -0.2) is 77.7 Å². The Bertz CT molecular complexity index is 1140. The second-order valence-electron chi connectivity index (χ2n) is 9.20.